The standard InChI is InChI=1S/C22H18N2O2S/c1-27(25,26)21-15-9-8-14-19(21)20-16-24(18-12-6-3-7-13-18)23-22(20)17-10-4-2-5-11-17/h2-16H,1H3. The smallest absolute Gasteiger partial charge is 0.176 e. The second kappa shape index (κ2) is 6.85. The van der Waals surface area contributed by atoms with Crippen molar-refractivity contribution in [2.24, 2.45) is 0 Å². The van der Waals surface area contributed by atoms with Crippen molar-refractivity contribution >= 4 is 9.84 Å². The molecular weight excluding hydrogens is 356 g/mol. The van der Waals surface area contributed by atoms with Gasteiger partial charge in [-0.1, -0.05) is 66.7 Å². The van der Waals surface area contributed by atoms with E-state index >= 15 is 0 Å². The summed E-state index contributed by atoms with van der Waals surface area (Å²) in [6, 6.07) is 26.6. The van der Waals surface area contributed by atoms with Crippen LogP contribution in [0.25, 0.3) is 28.1 Å². The molecule has 0 unspecified atom stereocenters. The largest absolute Gasteiger partial charge is 0.240 e. The zero-order valence-corrected chi connectivity index (χ0v) is 15.6. The number of para-hydroxylation sites is 1. The second-order valence-electron chi connectivity index (χ2n) is 6.31. The van der Waals surface area contributed by atoms with E-state index in [4.69, 9.17) is 5.10 Å². The summed E-state index contributed by atoms with van der Waals surface area (Å²) in [6.07, 6.45) is 3.12. The van der Waals surface area contributed by atoms with Crippen molar-refractivity contribution in [2.75, 3.05) is 6.26 Å². The summed E-state index contributed by atoms with van der Waals surface area (Å²) < 4.78 is 26.4. The normalized spacial score (nSPS) is 11.4. The SMILES string of the molecule is CS(=O)(=O)c1ccccc1-c1cn(-c2ccccc2)nc1-c1ccccc1. The van der Waals surface area contributed by atoms with Gasteiger partial charge in [0.1, 0.15) is 5.69 Å². The molecule has 0 fully saturated rings. The Hall–Kier alpha value is -3.18. The van der Waals surface area contributed by atoms with Crippen LogP contribution in [0.4, 0.5) is 0 Å². The Morgan fingerprint density at radius 3 is 2.00 bits per heavy atom. The zero-order chi connectivity index (χ0) is 18.9. The highest BCUT2D eigenvalue weighted by atomic mass is 32.2. The van der Waals surface area contributed by atoms with Gasteiger partial charge in [0, 0.05) is 29.1 Å². The molecule has 0 spiro atoms. The van der Waals surface area contributed by atoms with Crippen molar-refractivity contribution in [2.45, 2.75) is 4.90 Å². The topological polar surface area (TPSA) is 52.0 Å². The van der Waals surface area contributed by atoms with Crippen molar-refractivity contribution in [3.63, 3.8) is 0 Å². The summed E-state index contributed by atoms with van der Waals surface area (Å²) >= 11 is 0. The highest BCUT2D eigenvalue weighted by molar-refractivity contribution is 7.90. The van der Waals surface area contributed by atoms with Crippen LogP contribution in [0, 0.1) is 0 Å². The van der Waals surface area contributed by atoms with Gasteiger partial charge in [-0.15, -0.1) is 0 Å². The van der Waals surface area contributed by atoms with Gasteiger partial charge in [0.25, 0.3) is 0 Å². The Labute approximate surface area is 158 Å². The van der Waals surface area contributed by atoms with Gasteiger partial charge in [-0.3, -0.25) is 0 Å². The minimum Gasteiger partial charge on any atom is -0.240 e. The first-order chi connectivity index (χ1) is 13.0. The lowest BCUT2D eigenvalue weighted by atomic mass is 10.0. The first-order valence-corrected chi connectivity index (χ1v) is 10.4. The number of hydrogen-bond donors (Lipinski definition) is 0. The fourth-order valence-electron chi connectivity index (χ4n) is 3.11. The second-order valence-corrected chi connectivity index (χ2v) is 8.29. The van der Waals surface area contributed by atoms with Gasteiger partial charge >= 0.3 is 0 Å². The third kappa shape index (κ3) is 3.41. The van der Waals surface area contributed by atoms with E-state index < -0.39 is 9.84 Å². The Balaban J connectivity index is 2.00. The summed E-state index contributed by atoms with van der Waals surface area (Å²) in [5.41, 5.74) is 4.03. The zero-order valence-electron chi connectivity index (χ0n) is 14.8. The van der Waals surface area contributed by atoms with E-state index in [2.05, 4.69) is 0 Å². The summed E-state index contributed by atoms with van der Waals surface area (Å²) in [7, 11) is -3.37. The molecule has 27 heavy (non-hydrogen) atoms. The summed E-state index contributed by atoms with van der Waals surface area (Å²) in [6.45, 7) is 0. The van der Waals surface area contributed by atoms with Crippen LogP contribution < -0.4 is 0 Å². The molecule has 0 radical (unpaired) electrons. The van der Waals surface area contributed by atoms with E-state index in [0.717, 1.165) is 22.5 Å². The Morgan fingerprint density at radius 1 is 0.741 bits per heavy atom. The van der Waals surface area contributed by atoms with Crippen LogP contribution in [0.1, 0.15) is 0 Å². The monoisotopic (exact) mass is 374 g/mol. The summed E-state index contributed by atoms with van der Waals surface area (Å²) in [5.74, 6) is 0. The predicted molar refractivity (Wildman–Crippen MR) is 108 cm³/mol. The van der Waals surface area contributed by atoms with Crippen LogP contribution in [-0.4, -0.2) is 24.5 Å². The molecule has 0 aliphatic heterocycles. The van der Waals surface area contributed by atoms with Crippen molar-refractivity contribution in [3.05, 3.63) is 91.1 Å². The number of aromatic nitrogens is 2. The van der Waals surface area contributed by atoms with Crippen LogP contribution in [0.2, 0.25) is 0 Å². The molecule has 0 aliphatic rings. The molecule has 0 N–H and O–H groups in total. The molecule has 1 aromatic heterocycles. The molecular formula is C22H18N2O2S. The van der Waals surface area contributed by atoms with Crippen molar-refractivity contribution < 1.29 is 8.42 Å². The number of sulfone groups is 1. The molecule has 0 atom stereocenters. The Morgan fingerprint density at radius 2 is 1.33 bits per heavy atom. The molecule has 134 valence electrons. The Kier molecular flexibility index (Phi) is 4.38. The van der Waals surface area contributed by atoms with Crippen molar-refractivity contribution in [3.8, 4) is 28.1 Å². The highest BCUT2D eigenvalue weighted by Gasteiger charge is 2.20. The van der Waals surface area contributed by atoms with E-state index in [9.17, 15) is 8.42 Å². The van der Waals surface area contributed by atoms with Gasteiger partial charge in [0.2, 0.25) is 0 Å². The third-order valence-electron chi connectivity index (χ3n) is 4.36. The molecule has 3 aromatic carbocycles. The summed E-state index contributed by atoms with van der Waals surface area (Å²) in [5, 5.41) is 4.77. The molecule has 0 amide bonds. The van der Waals surface area contributed by atoms with Gasteiger partial charge in [0.15, 0.2) is 9.84 Å². The molecule has 5 heteroatoms. The number of hydrogen-bond acceptors (Lipinski definition) is 3. The van der Waals surface area contributed by atoms with Crippen LogP contribution in [0.15, 0.2) is 96.0 Å². The maximum absolute atomic E-state index is 12.3. The van der Waals surface area contributed by atoms with Crippen LogP contribution in [0.5, 0.6) is 0 Å². The first-order valence-electron chi connectivity index (χ1n) is 8.54. The van der Waals surface area contributed by atoms with Crippen molar-refractivity contribution in [1.29, 1.82) is 0 Å². The average molecular weight is 374 g/mol. The lowest BCUT2D eigenvalue weighted by Crippen LogP contribution is -1.99. The van der Waals surface area contributed by atoms with E-state index in [1.54, 1.807) is 16.8 Å². The molecule has 4 nitrogen and oxygen atoms in total. The van der Waals surface area contributed by atoms with Gasteiger partial charge < -0.3 is 0 Å². The third-order valence-corrected chi connectivity index (χ3v) is 5.51. The molecule has 0 aliphatic carbocycles. The fraction of sp³-hybridized carbons (Fsp3) is 0.0455. The molecule has 0 bridgehead atoms. The minimum absolute atomic E-state index is 0.301. The average Bonchev–Trinajstić information content (AvgIpc) is 3.14. The minimum atomic E-state index is -3.37. The van der Waals surface area contributed by atoms with E-state index in [-0.39, 0.29) is 0 Å². The maximum atomic E-state index is 12.3. The van der Waals surface area contributed by atoms with Crippen molar-refractivity contribution in [1.82, 2.24) is 9.78 Å². The van der Waals surface area contributed by atoms with Crippen LogP contribution in [0.3, 0.4) is 0 Å². The quantitative estimate of drug-likeness (QED) is 0.524. The summed E-state index contributed by atoms with van der Waals surface area (Å²) in [4.78, 5) is 0.301. The predicted octanol–water partition coefficient (Wildman–Crippen LogP) is 4.61. The molecule has 1 heterocycles. The van der Waals surface area contributed by atoms with Gasteiger partial charge in [-0.25, -0.2) is 13.1 Å². The van der Waals surface area contributed by atoms with Gasteiger partial charge in [-0.05, 0) is 18.2 Å². The molecule has 0 saturated carbocycles. The van der Waals surface area contributed by atoms with E-state index in [1.165, 1.54) is 6.26 Å². The fourth-order valence-corrected chi connectivity index (χ4v) is 4.01. The maximum Gasteiger partial charge on any atom is 0.176 e. The van der Waals surface area contributed by atoms with Crippen LogP contribution >= 0.6 is 0 Å². The highest BCUT2D eigenvalue weighted by Crippen LogP contribution is 2.35. The molecule has 4 rings (SSSR count). The first kappa shape index (κ1) is 17.2. The Bertz CT molecular complexity index is 1180. The lowest BCUT2D eigenvalue weighted by Gasteiger charge is -2.08. The van der Waals surface area contributed by atoms with E-state index in [1.807, 2.05) is 79.0 Å². The van der Waals surface area contributed by atoms with Crippen LogP contribution in [-0.2, 0) is 9.84 Å². The molecule has 0 saturated heterocycles. The number of rotatable bonds is 4. The van der Waals surface area contributed by atoms with Gasteiger partial charge in [-0.2, -0.15) is 5.10 Å². The number of nitrogens with zero attached hydrogens (tertiary/aromatic N) is 2. The number of benzene rings is 3. The molecule has 4 aromatic rings. The van der Waals surface area contributed by atoms with E-state index in [0.29, 0.717) is 10.5 Å². The van der Waals surface area contributed by atoms with Gasteiger partial charge in [0.05, 0.1) is 10.6 Å². The lowest BCUT2D eigenvalue weighted by molar-refractivity contribution is 0.602.